The first kappa shape index (κ1) is 19.3. The molecule has 0 aromatic heterocycles. The highest BCUT2D eigenvalue weighted by atomic mass is 79.9. The lowest BCUT2D eigenvalue weighted by molar-refractivity contribution is -0.128. The van der Waals surface area contributed by atoms with Crippen LogP contribution in [0.4, 0.5) is 0 Å². The standard InChI is InChI=1S/C20H24BrNO3/c1-5-18(15-6-11-19(24-4)13(2)12-15)22-20(23)14(3)25-17-9-7-16(21)8-10-17/h6-12,14,18H,5H2,1-4H3,(H,22,23)/t14-,18-/m1/s1. The molecule has 134 valence electrons. The number of benzene rings is 2. The SMILES string of the molecule is CC[C@@H](NC(=O)[C@@H](C)Oc1ccc(Br)cc1)c1ccc(OC)c(C)c1. The zero-order chi connectivity index (χ0) is 18.4. The molecule has 2 aromatic rings. The Balaban J connectivity index is 2.03. The largest absolute Gasteiger partial charge is 0.496 e. The molecule has 0 bridgehead atoms. The average molecular weight is 406 g/mol. The van der Waals surface area contributed by atoms with Crippen molar-refractivity contribution in [3.63, 3.8) is 0 Å². The Hall–Kier alpha value is -2.01. The number of rotatable bonds is 7. The molecule has 0 fully saturated rings. The van der Waals surface area contributed by atoms with E-state index in [9.17, 15) is 4.79 Å². The maximum Gasteiger partial charge on any atom is 0.261 e. The Kier molecular flexibility index (Phi) is 6.88. The highest BCUT2D eigenvalue weighted by molar-refractivity contribution is 9.10. The third-order valence-electron chi connectivity index (χ3n) is 4.04. The van der Waals surface area contributed by atoms with E-state index in [1.54, 1.807) is 14.0 Å². The van der Waals surface area contributed by atoms with Crippen LogP contribution in [0.25, 0.3) is 0 Å². The van der Waals surface area contributed by atoms with Crippen molar-refractivity contribution in [1.29, 1.82) is 0 Å². The average Bonchev–Trinajstić information content (AvgIpc) is 2.61. The van der Waals surface area contributed by atoms with Crippen LogP contribution < -0.4 is 14.8 Å². The minimum atomic E-state index is -0.574. The van der Waals surface area contributed by atoms with Gasteiger partial charge < -0.3 is 14.8 Å². The van der Waals surface area contributed by atoms with Crippen molar-refractivity contribution in [3.05, 3.63) is 58.1 Å². The zero-order valence-electron chi connectivity index (χ0n) is 15.0. The van der Waals surface area contributed by atoms with E-state index in [2.05, 4.69) is 21.2 Å². The molecule has 4 nitrogen and oxygen atoms in total. The Morgan fingerprint density at radius 1 is 1.20 bits per heavy atom. The maximum atomic E-state index is 12.5. The normalized spacial score (nSPS) is 13.0. The molecule has 0 unspecified atom stereocenters. The minimum Gasteiger partial charge on any atom is -0.496 e. The second-order valence-electron chi connectivity index (χ2n) is 5.91. The van der Waals surface area contributed by atoms with Gasteiger partial charge in [0.25, 0.3) is 5.91 Å². The maximum absolute atomic E-state index is 12.5. The van der Waals surface area contributed by atoms with Crippen LogP contribution in [-0.4, -0.2) is 19.1 Å². The number of carbonyl (C=O) groups is 1. The van der Waals surface area contributed by atoms with Crippen molar-refractivity contribution in [1.82, 2.24) is 5.32 Å². The molecule has 5 heteroatoms. The van der Waals surface area contributed by atoms with Crippen LogP contribution in [0.15, 0.2) is 46.9 Å². The fourth-order valence-electron chi connectivity index (χ4n) is 2.60. The van der Waals surface area contributed by atoms with Crippen molar-refractivity contribution in [2.45, 2.75) is 39.3 Å². The van der Waals surface area contributed by atoms with E-state index in [1.165, 1.54) is 0 Å². The summed E-state index contributed by atoms with van der Waals surface area (Å²) in [5, 5.41) is 3.07. The highest BCUT2D eigenvalue weighted by Crippen LogP contribution is 2.24. The molecule has 0 aliphatic rings. The summed E-state index contributed by atoms with van der Waals surface area (Å²) < 4.78 is 12.0. The van der Waals surface area contributed by atoms with E-state index in [0.29, 0.717) is 5.75 Å². The molecule has 25 heavy (non-hydrogen) atoms. The monoisotopic (exact) mass is 405 g/mol. The van der Waals surface area contributed by atoms with E-state index < -0.39 is 6.10 Å². The van der Waals surface area contributed by atoms with Gasteiger partial charge >= 0.3 is 0 Å². The first-order chi connectivity index (χ1) is 11.9. The van der Waals surface area contributed by atoms with Crippen molar-refractivity contribution < 1.29 is 14.3 Å². The summed E-state index contributed by atoms with van der Waals surface area (Å²) in [6.45, 7) is 5.80. The zero-order valence-corrected chi connectivity index (χ0v) is 16.6. The number of amides is 1. The van der Waals surface area contributed by atoms with Crippen LogP contribution in [0.5, 0.6) is 11.5 Å². The fourth-order valence-corrected chi connectivity index (χ4v) is 2.86. The van der Waals surface area contributed by atoms with Crippen LogP contribution in [0.3, 0.4) is 0 Å². The van der Waals surface area contributed by atoms with E-state index in [0.717, 1.165) is 27.8 Å². The van der Waals surface area contributed by atoms with E-state index >= 15 is 0 Å². The number of aryl methyl sites for hydroxylation is 1. The molecule has 0 aliphatic heterocycles. The van der Waals surface area contributed by atoms with Gasteiger partial charge in [-0.2, -0.15) is 0 Å². The highest BCUT2D eigenvalue weighted by Gasteiger charge is 2.20. The van der Waals surface area contributed by atoms with Gasteiger partial charge in [0.2, 0.25) is 0 Å². The van der Waals surface area contributed by atoms with Gasteiger partial charge in [0.05, 0.1) is 13.2 Å². The number of hydrogen-bond donors (Lipinski definition) is 1. The van der Waals surface area contributed by atoms with Gasteiger partial charge in [-0.1, -0.05) is 35.0 Å². The predicted molar refractivity (Wildman–Crippen MR) is 103 cm³/mol. The van der Waals surface area contributed by atoms with Gasteiger partial charge in [-0.05, 0) is 61.7 Å². The van der Waals surface area contributed by atoms with Gasteiger partial charge in [0.15, 0.2) is 6.10 Å². The summed E-state index contributed by atoms with van der Waals surface area (Å²) in [5.74, 6) is 1.37. The summed E-state index contributed by atoms with van der Waals surface area (Å²) in [5.41, 5.74) is 2.11. The van der Waals surface area contributed by atoms with Crippen LogP contribution in [0, 0.1) is 6.92 Å². The summed E-state index contributed by atoms with van der Waals surface area (Å²) in [6, 6.07) is 13.3. The molecule has 0 aliphatic carbocycles. The van der Waals surface area contributed by atoms with Crippen molar-refractivity contribution in [3.8, 4) is 11.5 Å². The van der Waals surface area contributed by atoms with Crippen LogP contribution in [-0.2, 0) is 4.79 Å². The van der Waals surface area contributed by atoms with Crippen molar-refractivity contribution in [2.75, 3.05) is 7.11 Å². The van der Waals surface area contributed by atoms with Gasteiger partial charge in [0, 0.05) is 4.47 Å². The summed E-state index contributed by atoms with van der Waals surface area (Å²) in [6.07, 6.45) is 0.220. The summed E-state index contributed by atoms with van der Waals surface area (Å²) in [4.78, 5) is 12.5. The number of methoxy groups -OCH3 is 1. The number of hydrogen-bond acceptors (Lipinski definition) is 3. The van der Waals surface area contributed by atoms with E-state index in [4.69, 9.17) is 9.47 Å². The molecule has 1 N–H and O–H groups in total. The van der Waals surface area contributed by atoms with Crippen molar-refractivity contribution in [2.24, 2.45) is 0 Å². The minimum absolute atomic E-state index is 0.0620. The number of ether oxygens (including phenoxy) is 2. The molecule has 0 spiro atoms. The predicted octanol–water partition coefficient (Wildman–Crippen LogP) is 4.80. The quantitative estimate of drug-likeness (QED) is 0.719. The molecule has 0 radical (unpaired) electrons. The number of halogens is 1. The first-order valence-electron chi connectivity index (χ1n) is 8.31. The Bertz CT molecular complexity index is 715. The Labute approximate surface area is 157 Å². The first-order valence-corrected chi connectivity index (χ1v) is 9.11. The second-order valence-corrected chi connectivity index (χ2v) is 6.83. The van der Waals surface area contributed by atoms with Crippen LogP contribution in [0.2, 0.25) is 0 Å². The smallest absolute Gasteiger partial charge is 0.261 e. The van der Waals surface area contributed by atoms with Gasteiger partial charge in [-0.3, -0.25) is 4.79 Å². The lowest BCUT2D eigenvalue weighted by Crippen LogP contribution is -2.38. The lowest BCUT2D eigenvalue weighted by Gasteiger charge is -2.22. The second kappa shape index (κ2) is 8.90. The molecule has 0 saturated heterocycles. The summed E-state index contributed by atoms with van der Waals surface area (Å²) in [7, 11) is 1.65. The van der Waals surface area contributed by atoms with Gasteiger partial charge in [-0.25, -0.2) is 0 Å². The van der Waals surface area contributed by atoms with Crippen LogP contribution >= 0.6 is 15.9 Å². The Morgan fingerprint density at radius 2 is 1.88 bits per heavy atom. The Morgan fingerprint density at radius 3 is 2.44 bits per heavy atom. The lowest BCUT2D eigenvalue weighted by atomic mass is 10.0. The molecule has 2 rings (SSSR count). The number of carbonyl (C=O) groups excluding carboxylic acids is 1. The summed E-state index contributed by atoms with van der Waals surface area (Å²) >= 11 is 3.38. The fraction of sp³-hybridized carbons (Fsp3) is 0.350. The van der Waals surface area contributed by atoms with Crippen LogP contribution in [0.1, 0.15) is 37.4 Å². The third-order valence-corrected chi connectivity index (χ3v) is 4.57. The molecular formula is C20H24BrNO3. The van der Waals surface area contributed by atoms with E-state index in [1.807, 2.05) is 56.3 Å². The topological polar surface area (TPSA) is 47.6 Å². The molecule has 0 saturated carbocycles. The van der Waals surface area contributed by atoms with E-state index in [-0.39, 0.29) is 11.9 Å². The molecule has 2 aromatic carbocycles. The third kappa shape index (κ3) is 5.23. The van der Waals surface area contributed by atoms with Gasteiger partial charge in [0.1, 0.15) is 11.5 Å². The molecular weight excluding hydrogens is 382 g/mol. The molecule has 1 amide bonds. The molecule has 2 atom stereocenters. The number of nitrogens with one attached hydrogen (secondary N) is 1. The van der Waals surface area contributed by atoms with Crippen molar-refractivity contribution >= 4 is 21.8 Å². The van der Waals surface area contributed by atoms with Gasteiger partial charge in [-0.15, -0.1) is 0 Å². The molecule has 0 heterocycles.